The van der Waals surface area contributed by atoms with Crippen molar-refractivity contribution in [3.05, 3.63) is 42.0 Å². The SMILES string of the molecule is Cc1cccc(-n2cnnc2C2CCCNC2)c1. The Balaban J connectivity index is 1.95. The van der Waals surface area contributed by atoms with Gasteiger partial charge >= 0.3 is 0 Å². The van der Waals surface area contributed by atoms with E-state index in [1.807, 2.05) is 6.33 Å². The minimum atomic E-state index is 0.474. The summed E-state index contributed by atoms with van der Waals surface area (Å²) in [6.07, 6.45) is 4.22. The first-order chi connectivity index (χ1) is 8.84. The van der Waals surface area contributed by atoms with Crippen LogP contribution in [0, 0.1) is 6.92 Å². The summed E-state index contributed by atoms with van der Waals surface area (Å²) in [4.78, 5) is 0. The van der Waals surface area contributed by atoms with E-state index < -0.39 is 0 Å². The quantitative estimate of drug-likeness (QED) is 0.876. The predicted molar refractivity (Wildman–Crippen MR) is 70.9 cm³/mol. The van der Waals surface area contributed by atoms with E-state index in [9.17, 15) is 0 Å². The Labute approximate surface area is 107 Å². The van der Waals surface area contributed by atoms with Gasteiger partial charge in [-0.1, -0.05) is 12.1 Å². The molecule has 1 unspecified atom stereocenters. The lowest BCUT2D eigenvalue weighted by Crippen LogP contribution is -2.29. The smallest absolute Gasteiger partial charge is 0.141 e. The highest BCUT2D eigenvalue weighted by atomic mass is 15.3. The van der Waals surface area contributed by atoms with Crippen LogP contribution >= 0.6 is 0 Å². The maximum Gasteiger partial charge on any atom is 0.141 e. The van der Waals surface area contributed by atoms with E-state index >= 15 is 0 Å². The van der Waals surface area contributed by atoms with Crippen molar-refractivity contribution in [1.82, 2.24) is 20.1 Å². The summed E-state index contributed by atoms with van der Waals surface area (Å²) < 4.78 is 2.12. The molecule has 1 N–H and O–H groups in total. The number of hydrogen-bond donors (Lipinski definition) is 1. The van der Waals surface area contributed by atoms with Crippen LogP contribution in [0.1, 0.15) is 30.1 Å². The van der Waals surface area contributed by atoms with Gasteiger partial charge in [0.25, 0.3) is 0 Å². The largest absolute Gasteiger partial charge is 0.316 e. The topological polar surface area (TPSA) is 42.7 Å². The molecule has 1 aromatic heterocycles. The molecule has 1 aliphatic heterocycles. The lowest BCUT2D eigenvalue weighted by atomic mass is 9.99. The van der Waals surface area contributed by atoms with Gasteiger partial charge in [-0.15, -0.1) is 10.2 Å². The Morgan fingerprint density at radius 1 is 1.39 bits per heavy atom. The predicted octanol–water partition coefficient (Wildman–Crippen LogP) is 2.04. The first kappa shape index (κ1) is 11.4. The summed E-state index contributed by atoms with van der Waals surface area (Å²) in [5.41, 5.74) is 2.41. The molecule has 1 fully saturated rings. The van der Waals surface area contributed by atoms with Crippen molar-refractivity contribution >= 4 is 0 Å². The monoisotopic (exact) mass is 242 g/mol. The highest BCUT2D eigenvalue weighted by molar-refractivity contribution is 5.36. The minimum absolute atomic E-state index is 0.474. The van der Waals surface area contributed by atoms with Crippen molar-refractivity contribution in [2.24, 2.45) is 0 Å². The number of benzene rings is 1. The third-order valence-corrected chi connectivity index (χ3v) is 3.52. The van der Waals surface area contributed by atoms with Gasteiger partial charge in [0, 0.05) is 18.2 Å². The van der Waals surface area contributed by atoms with E-state index in [4.69, 9.17) is 0 Å². The van der Waals surface area contributed by atoms with Gasteiger partial charge in [-0.2, -0.15) is 0 Å². The Morgan fingerprint density at radius 3 is 3.11 bits per heavy atom. The molecular weight excluding hydrogens is 224 g/mol. The van der Waals surface area contributed by atoms with Gasteiger partial charge in [-0.25, -0.2) is 0 Å². The molecule has 4 nitrogen and oxygen atoms in total. The molecule has 0 aliphatic carbocycles. The zero-order chi connectivity index (χ0) is 12.4. The van der Waals surface area contributed by atoms with E-state index in [-0.39, 0.29) is 0 Å². The lowest BCUT2D eigenvalue weighted by Gasteiger charge is -2.22. The zero-order valence-electron chi connectivity index (χ0n) is 10.6. The van der Waals surface area contributed by atoms with Crippen LogP contribution in [0.15, 0.2) is 30.6 Å². The molecule has 4 heteroatoms. The third-order valence-electron chi connectivity index (χ3n) is 3.52. The molecule has 1 aromatic carbocycles. The summed E-state index contributed by atoms with van der Waals surface area (Å²) in [5, 5.41) is 11.8. The summed E-state index contributed by atoms with van der Waals surface area (Å²) >= 11 is 0. The first-order valence-electron chi connectivity index (χ1n) is 6.52. The van der Waals surface area contributed by atoms with Crippen molar-refractivity contribution in [2.75, 3.05) is 13.1 Å². The molecule has 18 heavy (non-hydrogen) atoms. The Hall–Kier alpha value is -1.68. The first-order valence-corrected chi connectivity index (χ1v) is 6.52. The molecule has 0 radical (unpaired) electrons. The number of aromatic nitrogens is 3. The molecular formula is C14H18N4. The summed E-state index contributed by atoms with van der Waals surface area (Å²) in [7, 11) is 0. The fraction of sp³-hybridized carbons (Fsp3) is 0.429. The average molecular weight is 242 g/mol. The second kappa shape index (κ2) is 4.90. The summed E-state index contributed by atoms with van der Waals surface area (Å²) in [6, 6.07) is 8.46. The van der Waals surface area contributed by atoms with Crippen LogP contribution in [0.2, 0.25) is 0 Å². The molecule has 1 saturated heterocycles. The molecule has 94 valence electrons. The maximum atomic E-state index is 4.32. The summed E-state index contributed by atoms with van der Waals surface area (Å²) in [6.45, 7) is 4.23. The Bertz CT molecular complexity index is 526. The van der Waals surface area contributed by atoms with Gasteiger partial charge in [0.2, 0.25) is 0 Å². The second-order valence-corrected chi connectivity index (χ2v) is 4.94. The minimum Gasteiger partial charge on any atom is -0.316 e. The second-order valence-electron chi connectivity index (χ2n) is 4.94. The van der Waals surface area contributed by atoms with Crippen LogP contribution in [0.25, 0.3) is 5.69 Å². The molecule has 2 aromatic rings. The number of hydrogen-bond acceptors (Lipinski definition) is 3. The number of aryl methyl sites for hydroxylation is 1. The standard InChI is InChI=1S/C14H18N4/c1-11-4-2-6-13(8-11)18-10-16-17-14(18)12-5-3-7-15-9-12/h2,4,6,8,10,12,15H,3,5,7,9H2,1H3. The van der Waals surface area contributed by atoms with Crippen molar-refractivity contribution < 1.29 is 0 Å². The fourth-order valence-electron chi connectivity index (χ4n) is 2.57. The van der Waals surface area contributed by atoms with E-state index in [0.29, 0.717) is 5.92 Å². The lowest BCUT2D eigenvalue weighted by molar-refractivity contribution is 0.442. The van der Waals surface area contributed by atoms with Gasteiger partial charge < -0.3 is 5.32 Å². The number of nitrogens with zero attached hydrogens (tertiary/aromatic N) is 3. The molecule has 0 saturated carbocycles. The summed E-state index contributed by atoms with van der Waals surface area (Å²) in [5.74, 6) is 1.55. The molecule has 2 heterocycles. The highest BCUT2D eigenvalue weighted by Gasteiger charge is 2.20. The zero-order valence-corrected chi connectivity index (χ0v) is 10.6. The van der Waals surface area contributed by atoms with Crippen molar-refractivity contribution in [3.8, 4) is 5.69 Å². The molecule has 0 bridgehead atoms. The number of piperidine rings is 1. The van der Waals surface area contributed by atoms with Gasteiger partial charge in [0.15, 0.2) is 0 Å². The number of rotatable bonds is 2. The third kappa shape index (κ3) is 2.16. The van der Waals surface area contributed by atoms with Gasteiger partial charge in [-0.05, 0) is 44.0 Å². The van der Waals surface area contributed by atoms with Crippen LogP contribution in [0.4, 0.5) is 0 Å². The van der Waals surface area contributed by atoms with Gasteiger partial charge in [0.1, 0.15) is 12.2 Å². The highest BCUT2D eigenvalue weighted by Crippen LogP contribution is 2.23. The van der Waals surface area contributed by atoms with Crippen LogP contribution in [0.3, 0.4) is 0 Å². The molecule has 3 rings (SSSR count). The van der Waals surface area contributed by atoms with E-state index in [0.717, 1.165) is 24.6 Å². The van der Waals surface area contributed by atoms with Crippen LogP contribution < -0.4 is 5.32 Å². The molecule has 1 aliphatic rings. The molecule has 1 atom stereocenters. The van der Waals surface area contributed by atoms with Crippen molar-refractivity contribution in [3.63, 3.8) is 0 Å². The fourth-order valence-corrected chi connectivity index (χ4v) is 2.57. The normalized spacial score (nSPS) is 19.9. The van der Waals surface area contributed by atoms with Crippen LogP contribution in [0.5, 0.6) is 0 Å². The van der Waals surface area contributed by atoms with E-state index in [1.165, 1.54) is 18.4 Å². The van der Waals surface area contributed by atoms with Crippen molar-refractivity contribution in [1.29, 1.82) is 0 Å². The van der Waals surface area contributed by atoms with Crippen molar-refractivity contribution in [2.45, 2.75) is 25.7 Å². The average Bonchev–Trinajstić information content (AvgIpc) is 2.89. The Morgan fingerprint density at radius 2 is 2.33 bits per heavy atom. The van der Waals surface area contributed by atoms with E-state index in [1.54, 1.807) is 0 Å². The van der Waals surface area contributed by atoms with Crippen LogP contribution in [-0.2, 0) is 0 Å². The number of nitrogens with one attached hydrogen (secondary N) is 1. The van der Waals surface area contributed by atoms with Gasteiger partial charge in [-0.3, -0.25) is 4.57 Å². The Kier molecular flexibility index (Phi) is 3.11. The van der Waals surface area contributed by atoms with Gasteiger partial charge in [0.05, 0.1) is 0 Å². The maximum absolute atomic E-state index is 4.32. The van der Waals surface area contributed by atoms with E-state index in [2.05, 4.69) is 51.3 Å². The van der Waals surface area contributed by atoms with Crippen LogP contribution in [-0.4, -0.2) is 27.9 Å². The molecule has 0 spiro atoms. The molecule has 0 amide bonds.